The third-order valence-electron chi connectivity index (χ3n) is 5.81. The third kappa shape index (κ3) is 7.51. The smallest absolute Gasteiger partial charge is 0.338 e. The average Bonchev–Trinajstić information content (AvgIpc) is 2.98. The van der Waals surface area contributed by atoms with Gasteiger partial charge in [0.25, 0.3) is 15.9 Å². The fraction of sp³-hybridized carbons (Fsp3) is 0.103. The molecule has 0 saturated carbocycles. The van der Waals surface area contributed by atoms with Crippen molar-refractivity contribution in [1.82, 2.24) is 0 Å². The van der Waals surface area contributed by atoms with Crippen LogP contribution in [0.4, 0.5) is 11.4 Å². The maximum atomic E-state index is 13.9. The molecule has 0 atom stereocenters. The molecule has 0 aromatic heterocycles. The molecular formula is C29H23Cl3N2O6S. The fourth-order valence-corrected chi connectivity index (χ4v) is 5.84. The van der Waals surface area contributed by atoms with Crippen molar-refractivity contribution in [3.8, 4) is 5.75 Å². The summed E-state index contributed by atoms with van der Waals surface area (Å²) in [5.74, 6) is -1.01. The highest BCUT2D eigenvalue weighted by atomic mass is 35.5. The molecule has 0 bridgehead atoms. The molecule has 4 aromatic carbocycles. The summed E-state index contributed by atoms with van der Waals surface area (Å²) < 4.78 is 39.3. The number of amides is 1. The van der Waals surface area contributed by atoms with E-state index >= 15 is 0 Å². The van der Waals surface area contributed by atoms with Crippen molar-refractivity contribution in [2.45, 2.75) is 11.4 Å². The molecule has 0 spiro atoms. The topological polar surface area (TPSA) is 102 Å². The lowest BCUT2D eigenvalue weighted by Gasteiger charge is -2.25. The molecule has 0 aliphatic heterocycles. The van der Waals surface area contributed by atoms with E-state index in [1.54, 1.807) is 24.3 Å². The molecule has 0 saturated heterocycles. The quantitative estimate of drug-likeness (QED) is 0.151. The first-order valence-electron chi connectivity index (χ1n) is 12.0. The van der Waals surface area contributed by atoms with Crippen LogP contribution >= 0.6 is 34.8 Å². The van der Waals surface area contributed by atoms with Crippen LogP contribution < -0.4 is 14.4 Å². The van der Waals surface area contributed by atoms with Crippen LogP contribution in [0.15, 0.2) is 95.9 Å². The van der Waals surface area contributed by atoms with Gasteiger partial charge in [0.1, 0.15) is 5.75 Å². The highest BCUT2D eigenvalue weighted by molar-refractivity contribution is 7.92. The van der Waals surface area contributed by atoms with Crippen molar-refractivity contribution in [3.05, 3.63) is 117 Å². The highest BCUT2D eigenvalue weighted by Gasteiger charge is 2.26. The first kappa shape index (κ1) is 30.2. The molecule has 4 aromatic rings. The number of benzene rings is 4. The summed E-state index contributed by atoms with van der Waals surface area (Å²) in [6.45, 7) is -0.611. The van der Waals surface area contributed by atoms with Gasteiger partial charge >= 0.3 is 5.97 Å². The number of carbonyl (C=O) groups excluding carboxylic acids is 2. The Balaban J connectivity index is 1.53. The van der Waals surface area contributed by atoms with Gasteiger partial charge in [-0.3, -0.25) is 9.10 Å². The van der Waals surface area contributed by atoms with Crippen LogP contribution in [-0.2, 0) is 26.1 Å². The average molecular weight is 634 g/mol. The summed E-state index contributed by atoms with van der Waals surface area (Å²) in [6.07, 6.45) is 0. The zero-order valence-electron chi connectivity index (χ0n) is 21.5. The number of rotatable bonds is 10. The number of esters is 1. The Morgan fingerprint density at radius 3 is 2.20 bits per heavy atom. The van der Waals surface area contributed by atoms with Crippen molar-refractivity contribution >= 4 is 68.1 Å². The minimum Gasteiger partial charge on any atom is -0.497 e. The number of nitrogens with zero attached hydrogens (tertiary/aromatic N) is 1. The maximum absolute atomic E-state index is 13.9. The summed E-state index contributed by atoms with van der Waals surface area (Å²) in [5, 5.41) is 3.02. The molecule has 12 heteroatoms. The van der Waals surface area contributed by atoms with Gasteiger partial charge in [0.2, 0.25) is 0 Å². The van der Waals surface area contributed by atoms with E-state index in [4.69, 9.17) is 44.3 Å². The van der Waals surface area contributed by atoms with E-state index in [0.717, 1.165) is 5.56 Å². The molecule has 0 fully saturated rings. The number of methoxy groups -OCH3 is 1. The van der Waals surface area contributed by atoms with E-state index in [1.807, 2.05) is 30.3 Å². The molecule has 0 aliphatic carbocycles. The summed E-state index contributed by atoms with van der Waals surface area (Å²) >= 11 is 17.9. The first-order chi connectivity index (χ1) is 19.6. The van der Waals surface area contributed by atoms with Crippen molar-refractivity contribution in [2.75, 3.05) is 23.3 Å². The minimum atomic E-state index is -4.14. The maximum Gasteiger partial charge on any atom is 0.338 e. The number of ether oxygens (including phenoxy) is 2. The van der Waals surface area contributed by atoms with Crippen LogP contribution in [0.5, 0.6) is 5.75 Å². The Kier molecular flexibility index (Phi) is 9.77. The molecule has 0 aliphatic rings. The van der Waals surface area contributed by atoms with Crippen molar-refractivity contribution in [2.24, 2.45) is 0 Å². The number of hydrogen-bond donors (Lipinski definition) is 1. The van der Waals surface area contributed by atoms with Crippen molar-refractivity contribution in [1.29, 1.82) is 0 Å². The summed E-state index contributed by atoms with van der Waals surface area (Å²) in [4.78, 5) is 25.0. The number of hydrogen-bond acceptors (Lipinski definition) is 6. The van der Waals surface area contributed by atoms with Crippen LogP contribution in [0.1, 0.15) is 15.9 Å². The molecule has 0 unspecified atom stereocenters. The predicted molar refractivity (Wildman–Crippen MR) is 160 cm³/mol. The van der Waals surface area contributed by atoms with Gasteiger partial charge in [-0.1, -0.05) is 71.2 Å². The molecule has 41 heavy (non-hydrogen) atoms. The Morgan fingerprint density at radius 1 is 0.829 bits per heavy atom. The lowest BCUT2D eigenvalue weighted by atomic mass is 10.2. The van der Waals surface area contributed by atoms with Crippen LogP contribution in [0, 0.1) is 0 Å². The van der Waals surface area contributed by atoms with Gasteiger partial charge in [-0.05, 0) is 60.2 Å². The first-order valence-corrected chi connectivity index (χ1v) is 14.6. The summed E-state index contributed by atoms with van der Waals surface area (Å²) in [7, 11) is -2.63. The Labute approximate surface area is 252 Å². The number of sulfonamides is 1. The summed E-state index contributed by atoms with van der Waals surface area (Å²) in [6, 6.07) is 23.8. The zero-order chi connectivity index (χ0) is 29.6. The number of anilines is 2. The van der Waals surface area contributed by atoms with Gasteiger partial charge < -0.3 is 14.8 Å². The van der Waals surface area contributed by atoms with Crippen LogP contribution in [0.3, 0.4) is 0 Å². The minimum absolute atomic E-state index is 0.0433. The van der Waals surface area contributed by atoms with E-state index in [9.17, 15) is 18.0 Å². The van der Waals surface area contributed by atoms with Crippen LogP contribution in [-0.4, -0.2) is 34.0 Å². The number of carbonyl (C=O) groups is 2. The zero-order valence-corrected chi connectivity index (χ0v) is 24.6. The largest absolute Gasteiger partial charge is 0.497 e. The van der Waals surface area contributed by atoms with Gasteiger partial charge in [0, 0.05) is 0 Å². The molecule has 1 N–H and O–H groups in total. The standard InChI is InChI=1S/C29H23Cl3N2O6S/c1-39-22-12-10-21(11-13-22)34(17-19-6-3-2-4-7-19)41(37,38)23-9-5-8-20(14-23)29(36)40-18-28(35)33-27-16-25(31)24(30)15-26(27)32/h2-16H,17-18H2,1H3,(H,33,35). The van der Waals surface area contributed by atoms with E-state index < -0.39 is 28.5 Å². The lowest BCUT2D eigenvalue weighted by Crippen LogP contribution is -2.30. The molecule has 8 nitrogen and oxygen atoms in total. The van der Waals surface area contributed by atoms with Crippen LogP contribution in [0.25, 0.3) is 0 Å². The summed E-state index contributed by atoms with van der Waals surface area (Å²) in [5.41, 5.74) is 1.30. The molecule has 4 rings (SSSR count). The van der Waals surface area contributed by atoms with Crippen molar-refractivity contribution in [3.63, 3.8) is 0 Å². The molecule has 0 radical (unpaired) electrons. The van der Waals surface area contributed by atoms with E-state index in [2.05, 4.69) is 5.32 Å². The SMILES string of the molecule is COc1ccc(N(Cc2ccccc2)S(=O)(=O)c2cccc(C(=O)OCC(=O)Nc3cc(Cl)c(Cl)cc3Cl)c2)cc1. The molecule has 1 amide bonds. The van der Waals surface area contributed by atoms with Crippen LogP contribution in [0.2, 0.25) is 15.1 Å². The normalized spacial score (nSPS) is 11.0. The second-order valence-corrected chi connectivity index (χ2v) is 11.7. The monoisotopic (exact) mass is 632 g/mol. The van der Waals surface area contributed by atoms with Gasteiger partial charge in [-0.2, -0.15) is 0 Å². The van der Waals surface area contributed by atoms with Gasteiger partial charge in [-0.15, -0.1) is 0 Å². The second-order valence-electron chi connectivity index (χ2n) is 8.59. The lowest BCUT2D eigenvalue weighted by molar-refractivity contribution is -0.119. The Hall–Kier alpha value is -3.76. The van der Waals surface area contributed by atoms with E-state index in [-0.39, 0.29) is 37.8 Å². The fourth-order valence-electron chi connectivity index (χ4n) is 3.74. The predicted octanol–water partition coefficient (Wildman–Crippen LogP) is 6.85. The van der Waals surface area contributed by atoms with Gasteiger partial charge in [0.15, 0.2) is 6.61 Å². The number of halogens is 3. The van der Waals surface area contributed by atoms with E-state index in [1.165, 1.54) is 47.8 Å². The third-order valence-corrected chi connectivity index (χ3v) is 8.61. The molecule has 212 valence electrons. The van der Waals surface area contributed by atoms with Gasteiger partial charge in [0.05, 0.1) is 50.6 Å². The second kappa shape index (κ2) is 13.3. The Morgan fingerprint density at radius 2 is 1.51 bits per heavy atom. The van der Waals surface area contributed by atoms with E-state index in [0.29, 0.717) is 11.4 Å². The Bertz CT molecular complexity index is 1670. The number of nitrogens with one attached hydrogen (secondary N) is 1. The molecular weight excluding hydrogens is 611 g/mol. The van der Waals surface area contributed by atoms with Crippen molar-refractivity contribution < 1.29 is 27.5 Å². The highest BCUT2D eigenvalue weighted by Crippen LogP contribution is 2.32. The van der Waals surface area contributed by atoms with Gasteiger partial charge in [-0.25, -0.2) is 13.2 Å². The molecule has 0 heterocycles.